The molecule has 4 aromatic rings. The van der Waals surface area contributed by atoms with Gasteiger partial charge in [-0.05, 0) is 31.9 Å². The molecular weight excluding hydrogens is 386 g/mol. The van der Waals surface area contributed by atoms with Crippen LogP contribution in [0.15, 0.2) is 29.1 Å². The Morgan fingerprint density at radius 3 is 2.80 bits per heavy atom. The van der Waals surface area contributed by atoms with Crippen LogP contribution in [-0.2, 0) is 11.3 Å². The lowest BCUT2D eigenvalue weighted by Gasteiger charge is -2.32. The van der Waals surface area contributed by atoms with Crippen molar-refractivity contribution in [3.63, 3.8) is 0 Å². The predicted octanol–water partition coefficient (Wildman–Crippen LogP) is 0.822. The molecule has 0 unspecified atom stereocenters. The number of likely N-dealkylation sites (tertiary alicyclic amines) is 1. The minimum Gasteiger partial charge on any atom is -0.342 e. The van der Waals surface area contributed by atoms with Crippen LogP contribution in [0, 0.1) is 6.92 Å². The number of hydrogen-bond donors (Lipinski definition) is 1. The Labute approximate surface area is 170 Å². The highest BCUT2D eigenvalue weighted by Crippen LogP contribution is 2.24. The highest BCUT2D eigenvalue weighted by molar-refractivity contribution is 5.77. The van der Waals surface area contributed by atoms with Gasteiger partial charge in [0.25, 0.3) is 5.56 Å². The summed E-state index contributed by atoms with van der Waals surface area (Å²) in [6.45, 7) is 3.49. The van der Waals surface area contributed by atoms with Crippen LogP contribution in [-0.4, -0.2) is 63.9 Å². The van der Waals surface area contributed by atoms with Crippen molar-refractivity contribution in [3.8, 4) is 0 Å². The maximum atomic E-state index is 12.7. The van der Waals surface area contributed by atoms with Gasteiger partial charge in [-0.15, -0.1) is 10.2 Å². The molecule has 0 spiro atoms. The van der Waals surface area contributed by atoms with Gasteiger partial charge in [0, 0.05) is 19.5 Å². The number of benzene rings is 1. The van der Waals surface area contributed by atoms with E-state index in [1.54, 1.807) is 16.3 Å². The van der Waals surface area contributed by atoms with E-state index in [9.17, 15) is 9.59 Å². The average molecular weight is 407 g/mol. The quantitative estimate of drug-likeness (QED) is 0.530. The summed E-state index contributed by atoms with van der Waals surface area (Å²) in [4.78, 5) is 33.6. The third kappa shape index (κ3) is 3.21. The van der Waals surface area contributed by atoms with Crippen molar-refractivity contribution < 1.29 is 4.79 Å². The van der Waals surface area contributed by atoms with Crippen molar-refractivity contribution in [3.05, 3.63) is 40.4 Å². The maximum Gasteiger partial charge on any atom is 0.281 e. The van der Waals surface area contributed by atoms with Crippen LogP contribution < -0.4 is 5.56 Å². The van der Waals surface area contributed by atoms with E-state index in [1.165, 1.54) is 0 Å². The molecule has 11 nitrogen and oxygen atoms in total. The summed E-state index contributed by atoms with van der Waals surface area (Å²) in [5, 5.41) is 16.4. The third-order valence-electron chi connectivity index (χ3n) is 5.57. The molecule has 0 atom stereocenters. The molecule has 4 heterocycles. The number of H-pyrrole nitrogens is 1. The molecule has 5 rings (SSSR count). The van der Waals surface area contributed by atoms with Gasteiger partial charge in [0.1, 0.15) is 11.3 Å². The Kier molecular flexibility index (Phi) is 4.49. The van der Waals surface area contributed by atoms with Crippen molar-refractivity contribution in [1.82, 2.24) is 44.9 Å². The molecule has 1 fully saturated rings. The maximum absolute atomic E-state index is 12.7. The van der Waals surface area contributed by atoms with E-state index in [2.05, 4.69) is 30.6 Å². The Hall–Kier alpha value is -3.63. The number of aryl methyl sites for hydroxylation is 2. The van der Waals surface area contributed by atoms with E-state index >= 15 is 0 Å². The van der Waals surface area contributed by atoms with E-state index in [-0.39, 0.29) is 23.0 Å². The number of carbonyl (C=O) groups excluding carboxylic acids is 1. The van der Waals surface area contributed by atoms with Gasteiger partial charge in [-0.2, -0.15) is 0 Å². The van der Waals surface area contributed by atoms with Crippen molar-refractivity contribution >= 4 is 28.1 Å². The number of fused-ring (bicyclic) bond motifs is 2. The van der Waals surface area contributed by atoms with Gasteiger partial charge in [-0.1, -0.05) is 22.6 Å². The number of nitrogens with one attached hydrogen (secondary N) is 1. The second-order valence-electron chi connectivity index (χ2n) is 7.52. The first-order valence-electron chi connectivity index (χ1n) is 9.98. The van der Waals surface area contributed by atoms with Gasteiger partial charge in [-0.25, -0.2) is 14.3 Å². The van der Waals surface area contributed by atoms with Gasteiger partial charge in [0.05, 0.1) is 18.1 Å². The summed E-state index contributed by atoms with van der Waals surface area (Å²) >= 11 is 0. The molecule has 0 aliphatic carbocycles. The Morgan fingerprint density at radius 2 is 1.97 bits per heavy atom. The molecular formula is C19H21N9O2. The van der Waals surface area contributed by atoms with E-state index in [4.69, 9.17) is 0 Å². The molecule has 0 saturated carbocycles. The molecule has 1 aromatic carbocycles. The summed E-state index contributed by atoms with van der Waals surface area (Å²) in [7, 11) is 0. The van der Waals surface area contributed by atoms with Crippen LogP contribution in [0.3, 0.4) is 0 Å². The number of amides is 1. The first-order valence-corrected chi connectivity index (χ1v) is 9.98. The second kappa shape index (κ2) is 7.32. The van der Waals surface area contributed by atoms with Crippen molar-refractivity contribution in [2.24, 2.45) is 0 Å². The first kappa shape index (κ1) is 18.4. The molecule has 1 aliphatic heterocycles. The highest BCUT2D eigenvalue weighted by atomic mass is 16.2. The normalized spacial score (nSPS) is 15.3. The standard InChI is InChI=1S/C19H21N9O2/c1-12-20-18-17(19(30)21-12)23-25-28(18)13-6-9-26(10-7-13)16(29)8-11-27-15-5-3-2-4-14(15)22-24-27/h2-5,13H,6-11H2,1H3,(H,20,21,30). The molecule has 154 valence electrons. The molecule has 0 bridgehead atoms. The monoisotopic (exact) mass is 407 g/mol. The summed E-state index contributed by atoms with van der Waals surface area (Å²) in [6, 6.07) is 7.78. The fraction of sp³-hybridized carbons (Fsp3) is 0.421. The third-order valence-corrected chi connectivity index (χ3v) is 5.57. The van der Waals surface area contributed by atoms with Crippen LogP contribution >= 0.6 is 0 Å². The van der Waals surface area contributed by atoms with Crippen LogP contribution in [0.4, 0.5) is 0 Å². The van der Waals surface area contributed by atoms with Gasteiger partial charge < -0.3 is 9.88 Å². The summed E-state index contributed by atoms with van der Waals surface area (Å²) in [5.74, 6) is 0.631. The Bertz CT molecular complexity index is 1280. The summed E-state index contributed by atoms with van der Waals surface area (Å²) in [5.41, 5.74) is 2.23. The lowest BCUT2D eigenvalue weighted by atomic mass is 10.0. The summed E-state index contributed by atoms with van der Waals surface area (Å²) < 4.78 is 3.49. The largest absolute Gasteiger partial charge is 0.342 e. The van der Waals surface area contributed by atoms with E-state index in [0.29, 0.717) is 37.5 Å². The number of aromatic nitrogens is 8. The minimum atomic E-state index is -0.281. The Balaban J connectivity index is 1.23. The van der Waals surface area contributed by atoms with Crippen molar-refractivity contribution in [2.75, 3.05) is 13.1 Å². The van der Waals surface area contributed by atoms with Gasteiger partial charge in [0.2, 0.25) is 5.91 Å². The molecule has 1 N–H and O–H groups in total. The number of para-hydroxylation sites is 1. The fourth-order valence-corrected chi connectivity index (χ4v) is 4.00. The van der Waals surface area contributed by atoms with Crippen LogP contribution in [0.1, 0.15) is 31.1 Å². The van der Waals surface area contributed by atoms with Crippen LogP contribution in [0.25, 0.3) is 22.2 Å². The number of aromatic amines is 1. The molecule has 1 aliphatic rings. The highest BCUT2D eigenvalue weighted by Gasteiger charge is 2.26. The molecule has 3 aromatic heterocycles. The Morgan fingerprint density at radius 1 is 1.17 bits per heavy atom. The predicted molar refractivity (Wildman–Crippen MR) is 108 cm³/mol. The lowest BCUT2D eigenvalue weighted by Crippen LogP contribution is -2.39. The summed E-state index contributed by atoms with van der Waals surface area (Å²) in [6.07, 6.45) is 1.86. The van der Waals surface area contributed by atoms with Gasteiger partial charge in [0.15, 0.2) is 11.2 Å². The minimum absolute atomic E-state index is 0.0620. The lowest BCUT2D eigenvalue weighted by molar-refractivity contribution is -0.132. The number of nitrogens with zero attached hydrogens (tertiary/aromatic N) is 8. The number of piperidine rings is 1. The second-order valence-corrected chi connectivity index (χ2v) is 7.52. The van der Waals surface area contributed by atoms with E-state index < -0.39 is 0 Å². The van der Waals surface area contributed by atoms with Crippen molar-refractivity contribution in [2.45, 2.75) is 38.8 Å². The molecule has 0 radical (unpaired) electrons. The molecule has 11 heteroatoms. The van der Waals surface area contributed by atoms with E-state index in [1.807, 2.05) is 29.2 Å². The zero-order valence-corrected chi connectivity index (χ0v) is 16.5. The van der Waals surface area contributed by atoms with Crippen LogP contribution in [0.2, 0.25) is 0 Å². The fourth-order valence-electron chi connectivity index (χ4n) is 4.00. The van der Waals surface area contributed by atoms with Gasteiger partial charge >= 0.3 is 0 Å². The molecule has 30 heavy (non-hydrogen) atoms. The van der Waals surface area contributed by atoms with Gasteiger partial charge in [-0.3, -0.25) is 9.59 Å². The number of rotatable bonds is 4. The van der Waals surface area contributed by atoms with Crippen molar-refractivity contribution in [1.29, 1.82) is 0 Å². The number of hydrogen-bond acceptors (Lipinski definition) is 7. The average Bonchev–Trinajstić information content (AvgIpc) is 3.36. The zero-order chi connectivity index (χ0) is 20.7. The molecule has 1 saturated heterocycles. The first-order chi connectivity index (χ1) is 14.6. The topological polar surface area (TPSA) is 127 Å². The zero-order valence-electron chi connectivity index (χ0n) is 16.5. The SMILES string of the molecule is Cc1nc2c(nnn2C2CCN(C(=O)CCn3nnc4ccccc43)CC2)c(=O)[nH]1. The number of carbonyl (C=O) groups is 1. The van der Waals surface area contributed by atoms with Crippen LogP contribution in [0.5, 0.6) is 0 Å². The smallest absolute Gasteiger partial charge is 0.281 e. The van der Waals surface area contributed by atoms with E-state index in [0.717, 1.165) is 23.9 Å². The molecule has 1 amide bonds.